The Morgan fingerprint density at radius 3 is 2.56 bits per heavy atom. The van der Waals surface area contributed by atoms with E-state index in [0.29, 0.717) is 5.41 Å². The summed E-state index contributed by atoms with van der Waals surface area (Å²) in [6.07, 6.45) is 3.79. The molecule has 2 heteroatoms. The number of thiophene rings is 1. The van der Waals surface area contributed by atoms with E-state index in [2.05, 4.69) is 45.1 Å². The monoisotopic (exact) mass is 239 g/mol. The summed E-state index contributed by atoms with van der Waals surface area (Å²) < 4.78 is 0. The van der Waals surface area contributed by atoms with E-state index in [-0.39, 0.29) is 0 Å². The molecular weight excluding hydrogens is 214 g/mol. The third kappa shape index (κ3) is 5.13. The van der Waals surface area contributed by atoms with E-state index >= 15 is 0 Å². The Morgan fingerprint density at radius 2 is 2.00 bits per heavy atom. The molecule has 1 aromatic heterocycles. The predicted octanol–water partition coefficient (Wildman–Crippen LogP) is 4.01. The van der Waals surface area contributed by atoms with Crippen LogP contribution in [-0.2, 0) is 6.42 Å². The molecule has 0 atom stereocenters. The fourth-order valence-corrected chi connectivity index (χ4v) is 2.70. The zero-order valence-corrected chi connectivity index (χ0v) is 11.9. The molecule has 0 saturated carbocycles. The van der Waals surface area contributed by atoms with E-state index in [1.807, 2.05) is 11.3 Å². The second-order valence-corrected chi connectivity index (χ2v) is 6.65. The molecule has 92 valence electrons. The van der Waals surface area contributed by atoms with Crippen molar-refractivity contribution < 1.29 is 0 Å². The van der Waals surface area contributed by atoms with E-state index < -0.39 is 0 Å². The Balaban J connectivity index is 2.29. The molecule has 0 saturated heterocycles. The number of nitrogens with one attached hydrogen (secondary N) is 1. The van der Waals surface area contributed by atoms with E-state index in [9.17, 15) is 0 Å². The molecule has 1 aromatic rings. The molecule has 1 nitrogen and oxygen atoms in total. The lowest BCUT2D eigenvalue weighted by molar-refractivity contribution is 0.304. The predicted molar refractivity (Wildman–Crippen MR) is 74.3 cm³/mol. The number of hydrogen-bond acceptors (Lipinski definition) is 2. The second-order valence-electron chi connectivity index (χ2n) is 5.28. The normalized spacial score (nSPS) is 12.0. The van der Waals surface area contributed by atoms with Gasteiger partial charge in [-0.25, -0.2) is 0 Å². The molecule has 1 N–H and O–H groups in total. The van der Waals surface area contributed by atoms with Gasteiger partial charge in [0.2, 0.25) is 0 Å². The third-order valence-electron chi connectivity index (χ3n) is 3.07. The van der Waals surface area contributed by atoms with Crippen LogP contribution in [0.3, 0.4) is 0 Å². The Bertz CT molecular complexity index is 301. The minimum Gasteiger partial charge on any atom is -0.317 e. The van der Waals surface area contributed by atoms with E-state index in [1.54, 1.807) is 0 Å². The van der Waals surface area contributed by atoms with Crippen LogP contribution in [0.25, 0.3) is 0 Å². The van der Waals surface area contributed by atoms with Crippen molar-refractivity contribution in [3.63, 3.8) is 0 Å². The van der Waals surface area contributed by atoms with E-state index in [1.165, 1.54) is 29.0 Å². The summed E-state index contributed by atoms with van der Waals surface area (Å²) in [4.78, 5) is 2.97. The highest BCUT2D eigenvalue weighted by molar-refractivity contribution is 7.11. The quantitative estimate of drug-likeness (QED) is 0.709. The van der Waals surface area contributed by atoms with Gasteiger partial charge in [-0.3, -0.25) is 0 Å². The summed E-state index contributed by atoms with van der Waals surface area (Å²) in [5, 5.41) is 3.41. The molecular formula is C14H25NS. The largest absolute Gasteiger partial charge is 0.317 e. The SMILES string of the molecule is CCNCCC(C)(C)CCc1ccc(C)s1. The Morgan fingerprint density at radius 1 is 1.25 bits per heavy atom. The fraction of sp³-hybridized carbons (Fsp3) is 0.714. The zero-order chi connectivity index (χ0) is 12.0. The van der Waals surface area contributed by atoms with E-state index in [4.69, 9.17) is 0 Å². The smallest absolute Gasteiger partial charge is 0.00482 e. The van der Waals surface area contributed by atoms with Crippen LogP contribution in [0.1, 0.15) is 43.4 Å². The van der Waals surface area contributed by atoms with Gasteiger partial charge in [0, 0.05) is 9.75 Å². The van der Waals surface area contributed by atoms with Gasteiger partial charge >= 0.3 is 0 Å². The minimum absolute atomic E-state index is 0.458. The summed E-state index contributed by atoms with van der Waals surface area (Å²) in [7, 11) is 0. The van der Waals surface area contributed by atoms with Gasteiger partial charge in [0.25, 0.3) is 0 Å². The second kappa shape index (κ2) is 6.41. The molecule has 0 aliphatic carbocycles. The lowest BCUT2D eigenvalue weighted by atomic mass is 9.84. The van der Waals surface area contributed by atoms with Gasteiger partial charge in [-0.05, 0) is 56.8 Å². The van der Waals surface area contributed by atoms with Gasteiger partial charge in [-0.2, -0.15) is 0 Å². The standard InChI is InChI=1S/C14H25NS/c1-5-15-11-10-14(3,4)9-8-13-7-6-12(2)16-13/h6-7,15H,5,8-11H2,1-4H3. The maximum Gasteiger partial charge on any atom is 0.00482 e. The van der Waals surface area contributed by atoms with Crippen molar-refractivity contribution in [2.45, 2.75) is 47.0 Å². The van der Waals surface area contributed by atoms with Crippen molar-refractivity contribution in [2.75, 3.05) is 13.1 Å². The first-order chi connectivity index (χ1) is 7.53. The zero-order valence-electron chi connectivity index (χ0n) is 11.1. The van der Waals surface area contributed by atoms with Crippen LogP contribution >= 0.6 is 11.3 Å². The molecule has 0 radical (unpaired) electrons. The molecule has 0 aromatic carbocycles. The summed E-state index contributed by atoms with van der Waals surface area (Å²) in [5.41, 5.74) is 0.458. The summed E-state index contributed by atoms with van der Waals surface area (Å²) >= 11 is 1.94. The van der Waals surface area contributed by atoms with Crippen LogP contribution in [0.5, 0.6) is 0 Å². The first-order valence-electron chi connectivity index (χ1n) is 6.29. The minimum atomic E-state index is 0.458. The average molecular weight is 239 g/mol. The highest BCUT2D eigenvalue weighted by Crippen LogP contribution is 2.28. The highest BCUT2D eigenvalue weighted by atomic mass is 32.1. The van der Waals surface area contributed by atoms with Gasteiger partial charge in [-0.15, -0.1) is 11.3 Å². The maximum atomic E-state index is 3.41. The van der Waals surface area contributed by atoms with Gasteiger partial charge in [-0.1, -0.05) is 20.8 Å². The first kappa shape index (κ1) is 13.7. The van der Waals surface area contributed by atoms with Gasteiger partial charge < -0.3 is 5.32 Å². The maximum absolute atomic E-state index is 3.41. The van der Waals surface area contributed by atoms with Gasteiger partial charge in [0.15, 0.2) is 0 Å². The molecule has 0 bridgehead atoms. The number of rotatable bonds is 7. The Kier molecular flexibility index (Phi) is 5.50. The lowest BCUT2D eigenvalue weighted by Crippen LogP contribution is -2.22. The lowest BCUT2D eigenvalue weighted by Gasteiger charge is -2.24. The van der Waals surface area contributed by atoms with Gasteiger partial charge in [0.1, 0.15) is 0 Å². The van der Waals surface area contributed by atoms with Crippen LogP contribution in [0.2, 0.25) is 0 Å². The van der Waals surface area contributed by atoms with Crippen LogP contribution in [0, 0.1) is 12.3 Å². The Hall–Kier alpha value is -0.340. The average Bonchev–Trinajstić information content (AvgIpc) is 2.62. The topological polar surface area (TPSA) is 12.0 Å². The van der Waals surface area contributed by atoms with Crippen LogP contribution in [-0.4, -0.2) is 13.1 Å². The van der Waals surface area contributed by atoms with Crippen molar-refractivity contribution in [3.8, 4) is 0 Å². The molecule has 0 aliphatic heterocycles. The summed E-state index contributed by atoms with van der Waals surface area (Å²) in [5.74, 6) is 0. The van der Waals surface area contributed by atoms with Gasteiger partial charge in [0.05, 0.1) is 0 Å². The molecule has 0 spiro atoms. The van der Waals surface area contributed by atoms with Crippen molar-refractivity contribution in [3.05, 3.63) is 21.9 Å². The number of aryl methyl sites for hydroxylation is 2. The molecule has 0 amide bonds. The Labute approximate surface area is 104 Å². The third-order valence-corrected chi connectivity index (χ3v) is 4.13. The van der Waals surface area contributed by atoms with Crippen LogP contribution in [0.4, 0.5) is 0 Å². The first-order valence-corrected chi connectivity index (χ1v) is 7.11. The molecule has 1 heterocycles. The van der Waals surface area contributed by atoms with Crippen molar-refractivity contribution in [1.29, 1.82) is 0 Å². The summed E-state index contributed by atoms with van der Waals surface area (Å²) in [6, 6.07) is 4.51. The van der Waals surface area contributed by atoms with Crippen molar-refractivity contribution >= 4 is 11.3 Å². The van der Waals surface area contributed by atoms with Crippen LogP contribution in [0.15, 0.2) is 12.1 Å². The summed E-state index contributed by atoms with van der Waals surface area (Å²) in [6.45, 7) is 11.3. The molecule has 0 aliphatic rings. The molecule has 0 unspecified atom stereocenters. The molecule has 16 heavy (non-hydrogen) atoms. The van der Waals surface area contributed by atoms with Crippen molar-refractivity contribution in [2.24, 2.45) is 5.41 Å². The highest BCUT2D eigenvalue weighted by Gasteiger charge is 2.17. The van der Waals surface area contributed by atoms with E-state index in [0.717, 1.165) is 13.1 Å². The molecule has 0 fully saturated rings. The molecule has 1 rings (SSSR count). The van der Waals surface area contributed by atoms with Crippen LogP contribution < -0.4 is 5.32 Å². The fourth-order valence-electron chi connectivity index (χ4n) is 1.81. The number of hydrogen-bond donors (Lipinski definition) is 1. The van der Waals surface area contributed by atoms with Crippen molar-refractivity contribution in [1.82, 2.24) is 5.32 Å².